The average molecular weight is 477 g/mol. The monoisotopic (exact) mass is 476 g/mol. The third-order valence-corrected chi connectivity index (χ3v) is 7.64. The molecule has 1 saturated carbocycles. The molecular weight excluding hydrogens is 447 g/mol. The number of aromatic nitrogens is 3. The van der Waals surface area contributed by atoms with Crippen LogP contribution in [0.5, 0.6) is 0 Å². The summed E-state index contributed by atoms with van der Waals surface area (Å²) in [7, 11) is 1.89. The Kier molecular flexibility index (Phi) is 6.37. The molecule has 176 valence electrons. The number of thiazole rings is 1. The van der Waals surface area contributed by atoms with Crippen LogP contribution < -0.4 is 10.4 Å². The summed E-state index contributed by atoms with van der Waals surface area (Å²) >= 11 is 1.54. The molecule has 2 aromatic heterocycles. The van der Waals surface area contributed by atoms with E-state index in [1.54, 1.807) is 16.0 Å². The highest BCUT2D eigenvalue weighted by molar-refractivity contribution is 7.07. The summed E-state index contributed by atoms with van der Waals surface area (Å²) < 4.78 is 19.4. The smallest absolute Gasteiger partial charge is 0.297 e. The molecule has 1 fully saturated rings. The zero-order valence-electron chi connectivity index (χ0n) is 19.6. The molecule has 0 radical (unpaired) electrons. The third kappa shape index (κ3) is 4.20. The number of hydrogen-bond acceptors (Lipinski definition) is 3. The summed E-state index contributed by atoms with van der Waals surface area (Å²) in [6.07, 6.45) is 7.03. The molecule has 0 atom stereocenters. The molecule has 1 aliphatic carbocycles. The maximum Gasteiger partial charge on any atom is 0.297 e. The fraction of sp³-hybridized carbons (Fsp3) is 0.333. The van der Waals surface area contributed by atoms with Crippen LogP contribution in [-0.4, -0.2) is 13.9 Å². The molecular formula is C27H29FN4OS. The lowest BCUT2D eigenvalue weighted by Crippen LogP contribution is -2.23. The van der Waals surface area contributed by atoms with Gasteiger partial charge in [-0.1, -0.05) is 43.9 Å². The third-order valence-electron chi connectivity index (χ3n) is 6.80. The van der Waals surface area contributed by atoms with Gasteiger partial charge < -0.3 is 4.57 Å². The topological polar surface area (TPSA) is 44.2 Å². The van der Waals surface area contributed by atoms with Gasteiger partial charge in [0.2, 0.25) is 0 Å². The van der Waals surface area contributed by atoms with Gasteiger partial charge in [0.05, 0.1) is 17.1 Å². The Hall–Kier alpha value is -3.19. The predicted octanol–water partition coefficient (Wildman–Crippen LogP) is 6.28. The second kappa shape index (κ2) is 9.58. The molecule has 0 spiro atoms. The van der Waals surface area contributed by atoms with Crippen LogP contribution >= 0.6 is 11.3 Å². The van der Waals surface area contributed by atoms with E-state index < -0.39 is 0 Å². The molecule has 0 aliphatic heterocycles. The van der Waals surface area contributed by atoms with Gasteiger partial charge in [0.15, 0.2) is 10.5 Å². The Labute approximate surface area is 202 Å². The van der Waals surface area contributed by atoms with E-state index in [9.17, 15) is 9.18 Å². The average Bonchev–Trinajstić information content (AvgIpc) is 3.20. The number of rotatable bonds is 4. The van der Waals surface area contributed by atoms with Gasteiger partial charge in [0.1, 0.15) is 5.82 Å². The maximum atomic E-state index is 13.6. The van der Waals surface area contributed by atoms with Crippen molar-refractivity contribution in [3.05, 3.63) is 86.6 Å². The van der Waals surface area contributed by atoms with Gasteiger partial charge in [-0.15, -0.1) is 11.3 Å². The van der Waals surface area contributed by atoms with E-state index in [0.717, 1.165) is 40.3 Å². The minimum atomic E-state index is -0.244. The molecule has 5 nitrogen and oxygen atoms in total. The molecule has 0 unspecified atom stereocenters. The summed E-state index contributed by atoms with van der Waals surface area (Å²) in [6, 6.07) is 16.6. The van der Waals surface area contributed by atoms with Crippen molar-refractivity contribution < 1.29 is 4.39 Å². The maximum absolute atomic E-state index is 13.6. The summed E-state index contributed by atoms with van der Waals surface area (Å²) in [5, 5.41) is 2.09. The highest BCUT2D eigenvalue weighted by Crippen LogP contribution is 2.32. The first kappa shape index (κ1) is 22.6. The normalized spacial score (nSPS) is 15.6. The fourth-order valence-corrected chi connectivity index (χ4v) is 5.85. The van der Waals surface area contributed by atoms with Crippen LogP contribution in [0.1, 0.15) is 50.3 Å². The number of halogens is 1. The second-order valence-electron chi connectivity index (χ2n) is 8.95. The summed E-state index contributed by atoms with van der Waals surface area (Å²) in [4.78, 5) is 19.3. The molecule has 4 aromatic rings. The Morgan fingerprint density at radius 1 is 0.971 bits per heavy atom. The van der Waals surface area contributed by atoms with E-state index in [1.807, 2.05) is 61.1 Å². The van der Waals surface area contributed by atoms with Gasteiger partial charge in [0, 0.05) is 18.5 Å². The van der Waals surface area contributed by atoms with Crippen LogP contribution in [0.25, 0.3) is 16.9 Å². The van der Waals surface area contributed by atoms with Gasteiger partial charge in [0.25, 0.3) is 5.56 Å². The first-order chi connectivity index (χ1) is 16.5. The van der Waals surface area contributed by atoms with E-state index in [2.05, 4.69) is 9.95 Å². The van der Waals surface area contributed by atoms with E-state index in [-0.39, 0.29) is 11.4 Å². The molecule has 2 heterocycles. The predicted molar refractivity (Wildman–Crippen MR) is 135 cm³/mol. The van der Waals surface area contributed by atoms with E-state index in [1.165, 1.54) is 37.8 Å². The van der Waals surface area contributed by atoms with Crippen LogP contribution in [0.3, 0.4) is 0 Å². The number of benzene rings is 2. The second-order valence-corrected chi connectivity index (χ2v) is 9.78. The molecule has 2 aromatic carbocycles. The summed E-state index contributed by atoms with van der Waals surface area (Å²) in [6.45, 7) is 1.93. The number of nitrogens with zero attached hydrogens (tertiary/aromatic N) is 4. The van der Waals surface area contributed by atoms with E-state index in [4.69, 9.17) is 4.99 Å². The minimum Gasteiger partial charge on any atom is -0.313 e. The lowest BCUT2D eigenvalue weighted by molar-refractivity contribution is 0.439. The standard InChI is InChI=1S/C27H29FN4OS/c1-19-25(26(33)32(30(19)2)23-12-8-5-9-13-23)29-27-31(22-10-6-3-4-7-11-22)24(18-34-27)20-14-16-21(28)17-15-20/h5,8-9,12-18,22H,3-4,6-7,10-11H2,1-2H3. The minimum absolute atomic E-state index is 0.129. The Bertz CT molecular complexity index is 1400. The lowest BCUT2D eigenvalue weighted by atomic mass is 10.1. The van der Waals surface area contributed by atoms with Crippen molar-refractivity contribution in [2.24, 2.45) is 12.0 Å². The van der Waals surface area contributed by atoms with Crippen molar-refractivity contribution in [3.63, 3.8) is 0 Å². The SMILES string of the molecule is Cc1c(N=c2scc(-c3ccc(F)cc3)n2C2CCCCCC2)c(=O)n(-c2ccccc2)n1C. The first-order valence-corrected chi connectivity index (χ1v) is 12.8. The number of para-hydroxylation sites is 1. The fourth-order valence-electron chi connectivity index (χ4n) is 4.88. The zero-order chi connectivity index (χ0) is 23.7. The Morgan fingerprint density at radius 3 is 2.32 bits per heavy atom. The van der Waals surface area contributed by atoms with Gasteiger partial charge in [-0.25, -0.2) is 14.1 Å². The van der Waals surface area contributed by atoms with Gasteiger partial charge >= 0.3 is 0 Å². The molecule has 34 heavy (non-hydrogen) atoms. The first-order valence-electron chi connectivity index (χ1n) is 11.9. The van der Waals surface area contributed by atoms with Gasteiger partial charge in [-0.3, -0.25) is 9.48 Å². The summed E-state index contributed by atoms with van der Waals surface area (Å²) in [5.41, 5.74) is 3.96. The van der Waals surface area contributed by atoms with Gasteiger partial charge in [-0.2, -0.15) is 0 Å². The molecule has 0 N–H and O–H groups in total. The van der Waals surface area contributed by atoms with Gasteiger partial charge in [-0.05, 0) is 61.7 Å². The molecule has 1 aliphatic rings. The molecule has 0 saturated heterocycles. The molecule has 0 amide bonds. The largest absolute Gasteiger partial charge is 0.313 e. The van der Waals surface area contributed by atoms with Crippen molar-refractivity contribution in [2.75, 3.05) is 0 Å². The van der Waals surface area contributed by atoms with E-state index in [0.29, 0.717) is 11.7 Å². The van der Waals surface area contributed by atoms with Crippen LogP contribution in [0.2, 0.25) is 0 Å². The Balaban J connectivity index is 1.69. The highest BCUT2D eigenvalue weighted by atomic mass is 32.1. The van der Waals surface area contributed by atoms with Crippen LogP contribution in [-0.2, 0) is 7.05 Å². The molecule has 7 heteroatoms. The molecule has 0 bridgehead atoms. The number of hydrogen-bond donors (Lipinski definition) is 0. The summed E-state index contributed by atoms with van der Waals surface area (Å²) in [5.74, 6) is -0.244. The Morgan fingerprint density at radius 2 is 1.65 bits per heavy atom. The van der Waals surface area contributed by atoms with Crippen molar-refractivity contribution in [2.45, 2.75) is 51.5 Å². The zero-order valence-corrected chi connectivity index (χ0v) is 20.4. The quantitative estimate of drug-likeness (QED) is 0.320. The highest BCUT2D eigenvalue weighted by Gasteiger charge is 2.21. The molecule has 5 rings (SSSR count). The van der Waals surface area contributed by atoms with Crippen molar-refractivity contribution in [3.8, 4) is 16.9 Å². The van der Waals surface area contributed by atoms with Crippen LogP contribution in [0.15, 0.2) is 69.8 Å². The lowest BCUT2D eigenvalue weighted by Gasteiger charge is -2.20. The van der Waals surface area contributed by atoms with Crippen LogP contribution in [0, 0.1) is 12.7 Å². The van der Waals surface area contributed by atoms with Crippen molar-refractivity contribution in [1.82, 2.24) is 13.9 Å². The van der Waals surface area contributed by atoms with Crippen LogP contribution in [0.4, 0.5) is 10.1 Å². The van der Waals surface area contributed by atoms with Crippen molar-refractivity contribution in [1.29, 1.82) is 0 Å². The van der Waals surface area contributed by atoms with E-state index >= 15 is 0 Å². The van der Waals surface area contributed by atoms with Crippen molar-refractivity contribution >= 4 is 17.0 Å².